The number of urea groups is 1. The quantitative estimate of drug-likeness (QED) is 0.725. The van der Waals surface area contributed by atoms with Gasteiger partial charge in [-0.15, -0.1) is 0 Å². The molecule has 0 aromatic heterocycles. The second-order valence-electron chi connectivity index (χ2n) is 5.17. The molecule has 2 atom stereocenters. The average molecular weight is 290 g/mol. The molecule has 7 nitrogen and oxygen atoms in total. The second-order valence-corrected chi connectivity index (χ2v) is 7.40. The number of nitrogens with zero attached hydrogens (tertiary/aromatic N) is 1. The number of sulfone groups is 1. The topological polar surface area (TPSA) is 104 Å². The predicted octanol–water partition coefficient (Wildman–Crippen LogP) is -0.320. The van der Waals surface area contributed by atoms with E-state index in [0.717, 1.165) is 0 Å². The van der Waals surface area contributed by atoms with E-state index in [1.807, 2.05) is 0 Å². The lowest BCUT2D eigenvalue weighted by atomic mass is 9.99. The van der Waals surface area contributed by atoms with Gasteiger partial charge in [0.25, 0.3) is 0 Å². The van der Waals surface area contributed by atoms with E-state index in [0.29, 0.717) is 25.8 Å². The van der Waals surface area contributed by atoms with Crippen molar-refractivity contribution in [3.63, 3.8) is 0 Å². The van der Waals surface area contributed by atoms with Gasteiger partial charge in [-0.25, -0.2) is 13.2 Å². The minimum atomic E-state index is -3.02. The first-order chi connectivity index (χ1) is 8.87. The third kappa shape index (κ3) is 3.59. The number of carbonyl (C=O) groups excluding carboxylic acids is 1. The average Bonchev–Trinajstić information content (AvgIpc) is 2.68. The molecule has 2 N–H and O–H groups in total. The molecule has 19 heavy (non-hydrogen) atoms. The van der Waals surface area contributed by atoms with Crippen LogP contribution in [0.4, 0.5) is 4.79 Å². The fourth-order valence-electron chi connectivity index (χ4n) is 2.54. The number of rotatable bonds is 2. The zero-order valence-electron chi connectivity index (χ0n) is 10.5. The summed E-state index contributed by atoms with van der Waals surface area (Å²) in [7, 11) is -3.02. The Bertz CT molecular complexity index is 475. The van der Waals surface area contributed by atoms with Gasteiger partial charge in [-0.1, -0.05) is 0 Å². The Morgan fingerprint density at radius 2 is 2.00 bits per heavy atom. The van der Waals surface area contributed by atoms with Crippen molar-refractivity contribution in [2.75, 3.05) is 24.6 Å². The van der Waals surface area contributed by atoms with E-state index in [-0.39, 0.29) is 30.1 Å². The molecule has 108 valence electrons. The minimum absolute atomic E-state index is 0.0189. The Hall–Kier alpha value is -1.31. The monoisotopic (exact) mass is 290 g/mol. The molecule has 0 radical (unpaired) electrons. The van der Waals surface area contributed by atoms with Gasteiger partial charge in [-0.05, 0) is 19.3 Å². The molecule has 2 fully saturated rings. The van der Waals surface area contributed by atoms with E-state index >= 15 is 0 Å². The molecule has 1 unspecified atom stereocenters. The molecule has 2 aliphatic rings. The normalized spacial score (nSPS) is 30.0. The number of likely N-dealkylation sites (tertiary alicyclic amines) is 1. The van der Waals surface area contributed by atoms with Crippen LogP contribution in [0.3, 0.4) is 0 Å². The molecule has 0 spiro atoms. The van der Waals surface area contributed by atoms with Gasteiger partial charge in [0.05, 0.1) is 17.4 Å². The molecular weight excluding hydrogens is 272 g/mol. The van der Waals surface area contributed by atoms with Crippen molar-refractivity contribution in [1.82, 2.24) is 10.2 Å². The van der Waals surface area contributed by atoms with Crippen LogP contribution >= 0.6 is 0 Å². The summed E-state index contributed by atoms with van der Waals surface area (Å²) >= 11 is 0. The highest BCUT2D eigenvalue weighted by molar-refractivity contribution is 7.91. The number of hydrogen-bond donors (Lipinski definition) is 2. The third-order valence-electron chi connectivity index (χ3n) is 3.62. The number of amides is 2. The third-order valence-corrected chi connectivity index (χ3v) is 5.39. The molecule has 2 aliphatic heterocycles. The van der Waals surface area contributed by atoms with Crippen LogP contribution in [0.25, 0.3) is 0 Å². The molecule has 2 heterocycles. The Morgan fingerprint density at radius 1 is 1.26 bits per heavy atom. The summed E-state index contributed by atoms with van der Waals surface area (Å²) in [4.78, 5) is 24.3. The standard InChI is InChI=1S/C11H18N2O5S/c14-10(15)8-2-1-4-13(6-8)11(16)12-9-3-5-19(17,18)7-9/h8-9H,1-7H2,(H,12,16)(H,14,15)/t8-,9?/m1/s1. The molecule has 0 aliphatic carbocycles. The lowest BCUT2D eigenvalue weighted by molar-refractivity contribution is -0.143. The molecule has 0 aromatic rings. The Morgan fingerprint density at radius 3 is 2.58 bits per heavy atom. The van der Waals surface area contributed by atoms with Crippen molar-refractivity contribution in [2.45, 2.75) is 25.3 Å². The molecule has 0 bridgehead atoms. The zero-order valence-corrected chi connectivity index (χ0v) is 11.4. The molecule has 2 amide bonds. The van der Waals surface area contributed by atoms with Crippen molar-refractivity contribution in [3.8, 4) is 0 Å². The van der Waals surface area contributed by atoms with E-state index in [1.165, 1.54) is 4.90 Å². The zero-order chi connectivity index (χ0) is 14.0. The van der Waals surface area contributed by atoms with Crippen molar-refractivity contribution in [1.29, 1.82) is 0 Å². The van der Waals surface area contributed by atoms with Gasteiger partial charge in [0, 0.05) is 19.1 Å². The smallest absolute Gasteiger partial charge is 0.317 e. The summed E-state index contributed by atoms with van der Waals surface area (Å²) < 4.78 is 22.6. The molecule has 2 rings (SSSR count). The van der Waals surface area contributed by atoms with Crippen LogP contribution in [0.5, 0.6) is 0 Å². The van der Waals surface area contributed by atoms with E-state index in [4.69, 9.17) is 5.11 Å². The summed E-state index contributed by atoms with van der Waals surface area (Å²) in [6.45, 7) is 0.718. The highest BCUT2D eigenvalue weighted by atomic mass is 32.2. The maximum absolute atomic E-state index is 12.0. The second kappa shape index (κ2) is 5.36. The van der Waals surface area contributed by atoms with Crippen LogP contribution in [0.15, 0.2) is 0 Å². The summed E-state index contributed by atoms with van der Waals surface area (Å²) in [5.41, 5.74) is 0. The highest BCUT2D eigenvalue weighted by Crippen LogP contribution is 2.17. The van der Waals surface area contributed by atoms with Crippen molar-refractivity contribution in [2.24, 2.45) is 5.92 Å². The van der Waals surface area contributed by atoms with Crippen LogP contribution < -0.4 is 5.32 Å². The largest absolute Gasteiger partial charge is 0.481 e. The number of nitrogens with one attached hydrogen (secondary N) is 1. The summed E-state index contributed by atoms with van der Waals surface area (Å²) in [5.74, 6) is -1.32. The van der Waals surface area contributed by atoms with Crippen molar-refractivity contribution < 1.29 is 23.1 Å². The maximum atomic E-state index is 12.0. The Balaban J connectivity index is 1.88. The minimum Gasteiger partial charge on any atom is -0.481 e. The number of carboxylic acids is 1. The summed E-state index contributed by atoms with van der Waals surface area (Å²) in [5, 5.41) is 11.6. The SMILES string of the molecule is O=C(O)[C@@H]1CCCN(C(=O)NC2CCS(=O)(=O)C2)C1. The lowest BCUT2D eigenvalue weighted by Crippen LogP contribution is -2.50. The van der Waals surface area contributed by atoms with Gasteiger partial charge >= 0.3 is 12.0 Å². The Kier molecular flexibility index (Phi) is 3.98. The molecular formula is C11H18N2O5S. The fraction of sp³-hybridized carbons (Fsp3) is 0.818. The van der Waals surface area contributed by atoms with Crippen LogP contribution in [-0.4, -0.2) is 61.1 Å². The molecule has 8 heteroatoms. The fourth-order valence-corrected chi connectivity index (χ4v) is 4.21. The maximum Gasteiger partial charge on any atom is 0.317 e. The van der Waals surface area contributed by atoms with E-state index < -0.39 is 21.7 Å². The van der Waals surface area contributed by atoms with Gasteiger partial charge in [0.15, 0.2) is 9.84 Å². The van der Waals surface area contributed by atoms with E-state index in [2.05, 4.69) is 5.32 Å². The van der Waals surface area contributed by atoms with Crippen LogP contribution in [-0.2, 0) is 14.6 Å². The number of carbonyl (C=O) groups is 2. The highest BCUT2D eigenvalue weighted by Gasteiger charge is 2.32. The molecule has 0 saturated carbocycles. The first kappa shape index (κ1) is 14.1. The number of aliphatic carboxylic acids is 1. The van der Waals surface area contributed by atoms with Crippen LogP contribution in [0, 0.1) is 5.92 Å². The van der Waals surface area contributed by atoms with Gasteiger partial charge in [0.1, 0.15) is 0 Å². The number of hydrogen-bond acceptors (Lipinski definition) is 4. The van der Waals surface area contributed by atoms with Gasteiger partial charge < -0.3 is 15.3 Å². The number of carboxylic acid groups (broad SMARTS) is 1. The summed E-state index contributed by atoms with van der Waals surface area (Å²) in [6, 6.07) is -0.698. The summed E-state index contributed by atoms with van der Waals surface area (Å²) in [6.07, 6.45) is 1.68. The first-order valence-electron chi connectivity index (χ1n) is 6.36. The number of piperidine rings is 1. The Labute approximate surface area is 111 Å². The first-order valence-corrected chi connectivity index (χ1v) is 8.18. The van der Waals surface area contributed by atoms with Gasteiger partial charge in [-0.2, -0.15) is 0 Å². The molecule has 2 saturated heterocycles. The van der Waals surface area contributed by atoms with Gasteiger partial charge in [-0.3, -0.25) is 4.79 Å². The molecule has 0 aromatic carbocycles. The van der Waals surface area contributed by atoms with Gasteiger partial charge in [0.2, 0.25) is 0 Å². The lowest BCUT2D eigenvalue weighted by Gasteiger charge is -2.31. The van der Waals surface area contributed by atoms with Crippen molar-refractivity contribution >= 4 is 21.8 Å². The van der Waals surface area contributed by atoms with Crippen LogP contribution in [0.2, 0.25) is 0 Å². The van der Waals surface area contributed by atoms with Crippen molar-refractivity contribution in [3.05, 3.63) is 0 Å². The van der Waals surface area contributed by atoms with E-state index in [1.54, 1.807) is 0 Å². The predicted molar refractivity (Wildman–Crippen MR) is 67.5 cm³/mol. The van der Waals surface area contributed by atoms with Crippen LogP contribution in [0.1, 0.15) is 19.3 Å². The van der Waals surface area contributed by atoms with E-state index in [9.17, 15) is 18.0 Å².